The third-order valence-electron chi connectivity index (χ3n) is 6.82. The fourth-order valence-electron chi connectivity index (χ4n) is 5.18. The summed E-state index contributed by atoms with van der Waals surface area (Å²) in [5.74, 6) is 2.13. The molecular weight excluding hydrogens is 438 g/mol. The lowest BCUT2D eigenvalue weighted by atomic mass is 9.97. The van der Waals surface area contributed by atoms with Gasteiger partial charge in [-0.15, -0.1) is 11.3 Å². The lowest BCUT2D eigenvalue weighted by molar-refractivity contribution is -0.132. The van der Waals surface area contributed by atoms with Gasteiger partial charge in [-0.3, -0.25) is 9.59 Å². The third kappa shape index (κ3) is 4.12. The fourth-order valence-corrected chi connectivity index (χ4v) is 6.46. The number of likely N-dealkylation sites (tertiary alicyclic amines) is 1. The first kappa shape index (κ1) is 21.9. The highest BCUT2D eigenvalue weighted by molar-refractivity contribution is 7.18. The Labute approximate surface area is 196 Å². The minimum atomic E-state index is -0.0659. The Morgan fingerprint density at radius 2 is 2.06 bits per heavy atom. The zero-order chi connectivity index (χ0) is 22.9. The molecule has 2 aromatic heterocycles. The van der Waals surface area contributed by atoms with E-state index < -0.39 is 0 Å². The number of ether oxygens (including phenoxy) is 2. The van der Waals surface area contributed by atoms with Crippen LogP contribution in [0.2, 0.25) is 0 Å². The first-order valence-corrected chi connectivity index (χ1v) is 12.5. The van der Waals surface area contributed by atoms with Crippen molar-refractivity contribution >= 4 is 27.5 Å². The largest absolute Gasteiger partial charge is 0.497 e. The van der Waals surface area contributed by atoms with Gasteiger partial charge in [0.2, 0.25) is 5.91 Å². The average Bonchev–Trinajstić information content (AvgIpc) is 3.47. The Bertz CT molecular complexity index is 1250. The highest BCUT2D eigenvalue weighted by atomic mass is 32.1. The summed E-state index contributed by atoms with van der Waals surface area (Å²) in [5.41, 5.74) is 2.12. The number of H-pyrrole nitrogens is 1. The highest BCUT2D eigenvalue weighted by Crippen LogP contribution is 2.39. The monoisotopic (exact) mass is 467 g/mol. The molecule has 7 nitrogen and oxygen atoms in total. The van der Waals surface area contributed by atoms with Crippen LogP contribution in [0.15, 0.2) is 23.0 Å². The van der Waals surface area contributed by atoms with Crippen LogP contribution in [0.3, 0.4) is 0 Å². The maximum atomic E-state index is 13.2. The average molecular weight is 468 g/mol. The standard InChI is InChI=1S/C25H29N3O4S/c1-31-15-9-10-16(19(14-15)32-2)18-7-5-13-28(18)22(29)12-11-21-26-24(30)23-17-6-3-4-8-20(17)33-25(23)27-21/h9-10,14,18H,3-8,11-13H2,1-2H3,(H,26,27,30)/t18-/m1/s1. The predicted octanol–water partition coefficient (Wildman–Crippen LogP) is 4.18. The Morgan fingerprint density at radius 1 is 1.21 bits per heavy atom. The number of aryl methyl sites for hydroxylation is 3. The summed E-state index contributed by atoms with van der Waals surface area (Å²) in [5, 5.41) is 0.760. The number of hydrogen-bond donors (Lipinski definition) is 1. The van der Waals surface area contributed by atoms with Gasteiger partial charge < -0.3 is 19.4 Å². The van der Waals surface area contributed by atoms with E-state index >= 15 is 0 Å². The van der Waals surface area contributed by atoms with Gasteiger partial charge >= 0.3 is 0 Å². The van der Waals surface area contributed by atoms with Crippen LogP contribution in [0.4, 0.5) is 0 Å². The number of thiophene rings is 1. The molecule has 0 saturated carbocycles. The molecule has 0 radical (unpaired) electrons. The fraction of sp³-hybridized carbons (Fsp3) is 0.480. The second kappa shape index (κ2) is 9.17. The van der Waals surface area contributed by atoms with Gasteiger partial charge in [0.25, 0.3) is 5.56 Å². The molecule has 1 saturated heterocycles. The van der Waals surface area contributed by atoms with E-state index in [1.54, 1.807) is 25.6 Å². The molecule has 1 N–H and O–H groups in total. The number of aromatic nitrogens is 2. The molecule has 1 aliphatic heterocycles. The molecule has 2 aliphatic rings. The van der Waals surface area contributed by atoms with Gasteiger partial charge in [-0.05, 0) is 56.2 Å². The minimum Gasteiger partial charge on any atom is -0.497 e. The molecule has 174 valence electrons. The second-order valence-corrected chi connectivity index (χ2v) is 9.84. The van der Waals surface area contributed by atoms with E-state index in [2.05, 4.69) is 4.98 Å². The molecule has 1 fully saturated rings. The van der Waals surface area contributed by atoms with Crippen molar-refractivity contribution in [1.82, 2.24) is 14.9 Å². The number of hydrogen-bond acceptors (Lipinski definition) is 6. The number of fused-ring (bicyclic) bond motifs is 3. The van der Waals surface area contributed by atoms with E-state index in [0.717, 1.165) is 65.9 Å². The second-order valence-electron chi connectivity index (χ2n) is 8.76. The van der Waals surface area contributed by atoms with E-state index in [4.69, 9.17) is 14.5 Å². The molecule has 3 aromatic rings. The molecule has 5 rings (SSSR count). The van der Waals surface area contributed by atoms with Crippen LogP contribution in [0.25, 0.3) is 10.2 Å². The van der Waals surface area contributed by atoms with Crippen LogP contribution in [0.5, 0.6) is 11.5 Å². The summed E-state index contributed by atoms with van der Waals surface area (Å²) >= 11 is 1.64. The highest BCUT2D eigenvalue weighted by Gasteiger charge is 2.32. The molecule has 1 aliphatic carbocycles. The summed E-state index contributed by atoms with van der Waals surface area (Å²) in [6.07, 6.45) is 6.89. The number of carbonyl (C=O) groups is 1. The van der Waals surface area contributed by atoms with Crippen molar-refractivity contribution in [3.63, 3.8) is 0 Å². The Balaban J connectivity index is 1.33. The SMILES string of the molecule is COc1ccc([C@H]2CCCN2C(=O)CCc2nc3sc4c(c3c(=O)[nH]2)CCCC4)c(OC)c1. The zero-order valence-electron chi connectivity index (χ0n) is 19.1. The number of methoxy groups -OCH3 is 2. The van der Waals surface area contributed by atoms with Gasteiger partial charge in [0, 0.05) is 35.9 Å². The van der Waals surface area contributed by atoms with Gasteiger partial charge in [-0.2, -0.15) is 0 Å². The first-order chi connectivity index (χ1) is 16.1. The summed E-state index contributed by atoms with van der Waals surface area (Å²) in [6.45, 7) is 0.722. The summed E-state index contributed by atoms with van der Waals surface area (Å²) < 4.78 is 10.9. The molecule has 1 aromatic carbocycles. The van der Waals surface area contributed by atoms with Crippen LogP contribution in [-0.2, 0) is 24.1 Å². The van der Waals surface area contributed by atoms with E-state index in [9.17, 15) is 9.59 Å². The maximum absolute atomic E-state index is 13.2. The molecule has 1 amide bonds. The Hall–Kier alpha value is -2.87. The molecule has 3 heterocycles. The number of nitrogens with one attached hydrogen (secondary N) is 1. The predicted molar refractivity (Wildman–Crippen MR) is 128 cm³/mol. The molecule has 0 spiro atoms. The van der Waals surface area contributed by atoms with Crippen molar-refractivity contribution in [2.45, 2.75) is 57.4 Å². The lowest BCUT2D eigenvalue weighted by Crippen LogP contribution is -2.31. The molecule has 8 heteroatoms. The van der Waals surface area contributed by atoms with E-state index in [0.29, 0.717) is 18.7 Å². The maximum Gasteiger partial charge on any atom is 0.259 e. The van der Waals surface area contributed by atoms with Crippen LogP contribution >= 0.6 is 11.3 Å². The van der Waals surface area contributed by atoms with Gasteiger partial charge in [-0.25, -0.2) is 4.98 Å². The van der Waals surface area contributed by atoms with Gasteiger partial charge in [-0.1, -0.05) is 0 Å². The Morgan fingerprint density at radius 3 is 2.88 bits per heavy atom. The smallest absolute Gasteiger partial charge is 0.259 e. The molecule has 33 heavy (non-hydrogen) atoms. The normalized spacial score (nSPS) is 17.9. The summed E-state index contributed by atoms with van der Waals surface area (Å²) in [7, 11) is 3.26. The Kier molecular flexibility index (Phi) is 6.10. The van der Waals surface area contributed by atoms with Crippen LogP contribution < -0.4 is 15.0 Å². The van der Waals surface area contributed by atoms with Crippen molar-refractivity contribution in [1.29, 1.82) is 0 Å². The van der Waals surface area contributed by atoms with Crippen molar-refractivity contribution in [2.75, 3.05) is 20.8 Å². The third-order valence-corrected chi connectivity index (χ3v) is 8.01. The number of rotatable bonds is 6. The number of amides is 1. The molecule has 1 atom stereocenters. The number of nitrogens with zero attached hydrogens (tertiary/aromatic N) is 2. The van der Waals surface area contributed by atoms with Gasteiger partial charge in [0.15, 0.2) is 0 Å². The molecule has 0 bridgehead atoms. The van der Waals surface area contributed by atoms with Crippen molar-refractivity contribution < 1.29 is 14.3 Å². The van der Waals surface area contributed by atoms with Crippen LogP contribution in [0.1, 0.15) is 60.0 Å². The number of benzene rings is 1. The summed E-state index contributed by atoms with van der Waals surface area (Å²) in [6, 6.07) is 5.74. The van der Waals surface area contributed by atoms with Gasteiger partial charge in [0.1, 0.15) is 22.2 Å². The van der Waals surface area contributed by atoms with Crippen LogP contribution in [0, 0.1) is 0 Å². The van der Waals surface area contributed by atoms with E-state index in [1.807, 2.05) is 23.1 Å². The van der Waals surface area contributed by atoms with E-state index in [1.165, 1.54) is 16.9 Å². The summed E-state index contributed by atoms with van der Waals surface area (Å²) in [4.78, 5) is 37.7. The number of carbonyl (C=O) groups excluding carboxylic acids is 1. The topological polar surface area (TPSA) is 84.5 Å². The molecular formula is C25H29N3O4S. The van der Waals surface area contributed by atoms with Crippen molar-refractivity contribution in [3.8, 4) is 11.5 Å². The van der Waals surface area contributed by atoms with Crippen molar-refractivity contribution in [3.05, 3.63) is 50.4 Å². The van der Waals surface area contributed by atoms with Crippen LogP contribution in [-0.4, -0.2) is 41.5 Å². The minimum absolute atomic E-state index is 0.0168. The lowest BCUT2D eigenvalue weighted by Gasteiger charge is -2.26. The van der Waals surface area contributed by atoms with E-state index in [-0.39, 0.29) is 17.5 Å². The first-order valence-electron chi connectivity index (χ1n) is 11.6. The van der Waals surface area contributed by atoms with Gasteiger partial charge in [0.05, 0.1) is 25.6 Å². The quantitative estimate of drug-likeness (QED) is 0.588. The zero-order valence-corrected chi connectivity index (χ0v) is 19.9. The molecule has 0 unspecified atom stereocenters. The van der Waals surface area contributed by atoms with Crippen molar-refractivity contribution in [2.24, 2.45) is 0 Å². The number of aromatic amines is 1.